The molecule has 0 aliphatic heterocycles. The lowest BCUT2D eigenvalue weighted by atomic mass is 9.68. The minimum Gasteiger partial charge on any atom is -0.309 e. The van der Waals surface area contributed by atoms with Crippen LogP contribution >= 0.6 is 0 Å². The van der Waals surface area contributed by atoms with Crippen LogP contribution in [0.5, 0.6) is 0 Å². The Hall–Kier alpha value is -17.1. The van der Waals surface area contributed by atoms with Crippen molar-refractivity contribution in [2.75, 3.05) is 0 Å². The summed E-state index contributed by atoms with van der Waals surface area (Å²) in [6, 6.07) is 164. The second-order valence-electron chi connectivity index (χ2n) is 40.0. The van der Waals surface area contributed by atoms with Gasteiger partial charge in [0.1, 0.15) is 0 Å². The molecule has 28 aromatic rings. The number of aromatic nitrogens is 5. The quantitative estimate of drug-likeness (QED) is 0.164. The molecular weight excluding hydrogens is 1670 g/mol. The average molecular weight is 1760 g/mol. The number of nitrogens with zero attached hydrogens (tertiary/aromatic N) is 5. The Labute approximate surface area is 797 Å². The number of rotatable bonds is 5. The maximum absolute atomic E-state index is 2.52. The van der Waals surface area contributed by atoms with E-state index >= 15 is 0 Å². The Morgan fingerprint density at radius 2 is 0.399 bits per heavy atom. The van der Waals surface area contributed by atoms with E-state index in [4.69, 9.17) is 0 Å². The number of benzene rings is 23. The van der Waals surface area contributed by atoms with Gasteiger partial charge in [-0.15, -0.1) is 0 Å². The lowest BCUT2D eigenvalue weighted by molar-refractivity contribution is 0.645. The minimum absolute atomic E-state index is 0.0738. The Morgan fingerprint density at radius 3 is 0.804 bits per heavy atom. The first-order valence-corrected chi connectivity index (χ1v) is 48.5. The highest BCUT2D eigenvalue weighted by Crippen LogP contribution is 2.59. The average Bonchev–Trinajstić information content (AvgIpc) is 1.49. The van der Waals surface area contributed by atoms with Crippen LogP contribution in [0.2, 0.25) is 0 Å². The fraction of sp³-hybridized carbons (Fsp3) is 0.0677. The van der Waals surface area contributed by atoms with Gasteiger partial charge in [-0.05, 0) is 247 Å². The van der Waals surface area contributed by atoms with Crippen molar-refractivity contribution >= 4 is 184 Å². The third kappa shape index (κ3) is 10.9. The summed E-state index contributed by atoms with van der Waals surface area (Å²) in [5, 5.41) is 31.3. The molecular formula is C133H91N5. The van der Waals surface area contributed by atoms with E-state index in [0.717, 1.165) is 11.4 Å². The minimum atomic E-state index is -0.102. The highest BCUT2D eigenvalue weighted by Gasteiger charge is 2.40. The van der Waals surface area contributed by atoms with Crippen molar-refractivity contribution in [2.24, 2.45) is 0 Å². The fourth-order valence-corrected chi connectivity index (χ4v) is 25.7. The summed E-state index contributed by atoms with van der Waals surface area (Å²) in [5.41, 5.74) is 34.4. The van der Waals surface area contributed by atoms with Crippen molar-refractivity contribution in [3.63, 3.8) is 0 Å². The van der Waals surface area contributed by atoms with Crippen LogP contribution < -0.4 is 0 Å². The molecule has 0 spiro atoms. The van der Waals surface area contributed by atoms with Crippen molar-refractivity contribution in [1.29, 1.82) is 0 Å². The molecule has 3 aliphatic carbocycles. The topological polar surface area (TPSA) is 24.6 Å². The highest BCUT2D eigenvalue weighted by atomic mass is 15.0. The van der Waals surface area contributed by atoms with Gasteiger partial charge in [-0.1, -0.05) is 363 Å². The zero-order valence-corrected chi connectivity index (χ0v) is 77.4. The Balaban J connectivity index is 0.000000100. The molecule has 0 saturated heterocycles. The maximum Gasteiger partial charge on any atom is 0.0553 e. The second-order valence-corrected chi connectivity index (χ2v) is 40.0. The Bertz CT molecular complexity index is 10100. The highest BCUT2D eigenvalue weighted by molar-refractivity contribution is 6.34. The van der Waals surface area contributed by atoms with Crippen LogP contribution in [0.1, 0.15) is 74.9 Å². The smallest absolute Gasteiger partial charge is 0.0553 e. The molecule has 0 unspecified atom stereocenters. The summed E-state index contributed by atoms with van der Waals surface area (Å²) in [4.78, 5) is 0. The van der Waals surface area contributed by atoms with Crippen molar-refractivity contribution in [3.05, 3.63) is 476 Å². The SMILES string of the molecule is CC1(C)c2ccccc2-c2c3c1cccc3cc1c2c2c3ccccc3ccc2n1-c1ccc(-n2c3ccccc3c3ccccc32)cc1.CC1(C)c2ccccc2-c2c3c1cccc3cc1c2c2c3ccccc3ccc2n1-c1ccc2c(c1)c1ccccc1n2-c1ccccc1.CC1(C)c2ccccc2-c2c3c1cccc3cc1c2c2c3ccccc3ccc2n1-c1ccc2ccccc2c1. The van der Waals surface area contributed by atoms with Gasteiger partial charge in [0.05, 0.1) is 55.2 Å². The Morgan fingerprint density at radius 1 is 0.138 bits per heavy atom. The van der Waals surface area contributed by atoms with Gasteiger partial charge in [0.15, 0.2) is 0 Å². The lowest BCUT2D eigenvalue weighted by Crippen LogP contribution is -2.23. The van der Waals surface area contributed by atoms with Gasteiger partial charge in [0.2, 0.25) is 0 Å². The summed E-state index contributed by atoms with van der Waals surface area (Å²) in [6.07, 6.45) is 0. The van der Waals surface area contributed by atoms with Crippen molar-refractivity contribution in [3.8, 4) is 61.8 Å². The summed E-state index contributed by atoms with van der Waals surface area (Å²) in [7, 11) is 0. The summed E-state index contributed by atoms with van der Waals surface area (Å²) >= 11 is 0. The van der Waals surface area contributed by atoms with Gasteiger partial charge in [-0.25, -0.2) is 0 Å². The maximum atomic E-state index is 2.52. The molecule has 0 atom stereocenters. The Kier molecular flexibility index (Phi) is 16.4. The van der Waals surface area contributed by atoms with E-state index in [1.807, 2.05) is 0 Å². The van der Waals surface area contributed by atoms with Crippen molar-refractivity contribution in [1.82, 2.24) is 22.8 Å². The van der Waals surface area contributed by atoms with Crippen LogP contribution in [0, 0.1) is 0 Å². The zero-order chi connectivity index (χ0) is 91.5. The molecule has 0 N–H and O–H groups in total. The van der Waals surface area contributed by atoms with Crippen LogP contribution in [0.3, 0.4) is 0 Å². The number of fused-ring (bicyclic) bond motifs is 31. The molecule has 3 aliphatic rings. The second kappa shape index (κ2) is 29.0. The first-order valence-electron chi connectivity index (χ1n) is 48.5. The molecule has 5 aromatic heterocycles. The van der Waals surface area contributed by atoms with Crippen LogP contribution in [-0.2, 0) is 16.2 Å². The molecule has 0 bridgehead atoms. The van der Waals surface area contributed by atoms with Crippen LogP contribution in [0.4, 0.5) is 0 Å². The molecule has 5 nitrogen and oxygen atoms in total. The molecule has 5 heterocycles. The lowest BCUT2D eigenvalue weighted by Gasteiger charge is -2.35. The van der Waals surface area contributed by atoms with E-state index in [1.165, 1.54) is 268 Å². The number of para-hydroxylation sites is 4. The molecule has 0 amide bonds. The summed E-state index contributed by atoms with van der Waals surface area (Å²) in [6.45, 7) is 14.3. The van der Waals surface area contributed by atoms with Crippen LogP contribution in [0.25, 0.3) is 246 Å². The van der Waals surface area contributed by atoms with E-state index in [-0.39, 0.29) is 16.2 Å². The number of hydrogen-bond donors (Lipinski definition) is 0. The van der Waals surface area contributed by atoms with E-state index in [9.17, 15) is 0 Å². The van der Waals surface area contributed by atoms with Crippen LogP contribution in [-0.4, -0.2) is 22.8 Å². The van der Waals surface area contributed by atoms with Gasteiger partial charge >= 0.3 is 0 Å². The van der Waals surface area contributed by atoms with Gasteiger partial charge in [-0.2, -0.15) is 0 Å². The van der Waals surface area contributed by atoms with Gasteiger partial charge in [-0.3, -0.25) is 0 Å². The predicted molar refractivity (Wildman–Crippen MR) is 586 cm³/mol. The molecule has 23 aromatic carbocycles. The van der Waals surface area contributed by atoms with Crippen LogP contribution in [0.15, 0.2) is 443 Å². The predicted octanol–water partition coefficient (Wildman–Crippen LogP) is 35.5. The summed E-state index contributed by atoms with van der Waals surface area (Å²) in [5.74, 6) is 0. The molecule has 5 heteroatoms. The normalized spacial score (nSPS) is 13.8. The standard InChI is InChI=1S/2C47H32N2.C39H27N/c1-47(2)37-18-8-5-17-36(37)45-43-30(13-11-19-38(43)47)28-42-46(45)44-33-14-4-3-12-29(33)22-27-41(44)49(42)32-25-23-31(24-26-32)48-39-20-9-6-15-34(39)35-16-7-10-21-40(35)48;1-47(2)37-20-10-8-19-35(37)45-43-30(14-12-21-38(43)47)27-42-46(45)44-33-17-7-6-13-29(33)23-25-41(44)49(42)32-24-26-40-36(28-32)34-18-9-11-22-39(34)48(40)31-15-4-3-5-16-31;1-39(2)31-16-8-7-15-30(31)37-35-27(13-9-17-32(35)39)23-34-38(37)36-29-14-6-5-11-25(29)19-21-33(36)40(34)28-20-18-24-10-3-4-12-26(24)22-28/h2*3-28H,1-2H3;3-23H,1-2H3. The molecule has 0 saturated carbocycles. The summed E-state index contributed by atoms with van der Waals surface area (Å²) < 4.78 is 12.3. The van der Waals surface area contributed by atoms with Gasteiger partial charge in [0, 0.05) is 115 Å². The third-order valence-electron chi connectivity index (χ3n) is 31.8. The molecule has 0 radical (unpaired) electrons. The molecule has 648 valence electrons. The van der Waals surface area contributed by atoms with Gasteiger partial charge < -0.3 is 22.8 Å². The largest absolute Gasteiger partial charge is 0.309 e. The van der Waals surface area contributed by atoms with E-state index in [1.54, 1.807) is 0 Å². The zero-order valence-electron chi connectivity index (χ0n) is 77.4. The number of hydrogen-bond acceptors (Lipinski definition) is 0. The monoisotopic (exact) mass is 1760 g/mol. The fourth-order valence-electron chi connectivity index (χ4n) is 25.7. The third-order valence-corrected chi connectivity index (χ3v) is 31.8. The van der Waals surface area contributed by atoms with E-state index in [2.05, 4.69) is 507 Å². The van der Waals surface area contributed by atoms with E-state index in [0.29, 0.717) is 0 Å². The first kappa shape index (κ1) is 78.4. The van der Waals surface area contributed by atoms with E-state index < -0.39 is 0 Å². The molecule has 0 fully saturated rings. The molecule has 138 heavy (non-hydrogen) atoms. The van der Waals surface area contributed by atoms with Crippen molar-refractivity contribution < 1.29 is 0 Å². The molecule has 31 rings (SSSR count). The van der Waals surface area contributed by atoms with Crippen molar-refractivity contribution in [2.45, 2.75) is 57.8 Å². The van der Waals surface area contributed by atoms with Gasteiger partial charge in [0.25, 0.3) is 0 Å². The first-order chi connectivity index (χ1) is 67.8.